The number of aryl methyl sites for hydroxylation is 1. The van der Waals surface area contributed by atoms with Crippen LogP contribution in [0.4, 0.5) is 0 Å². The van der Waals surface area contributed by atoms with Crippen LogP contribution in [0.2, 0.25) is 0 Å². The third-order valence-corrected chi connectivity index (χ3v) is 3.00. The van der Waals surface area contributed by atoms with Crippen LogP contribution in [0, 0.1) is 5.92 Å². The maximum atomic E-state index is 12.0. The van der Waals surface area contributed by atoms with Crippen molar-refractivity contribution in [2.24, 2.45) is 5.92 Å². The molecule has 0 aliphatic carbocycles. The fraction of sp³-hybridized carbons (Fsp3) is 0.615. The Morgan fingerprint density at radius 2 is 2.00 bits per heavy atom. The highest BCUT2D eigenvalue weighted by atomic mass is 16.3. The second-order valence-electron chi connectivity index (χ2n) is 3.92. The predicted molar refractivity (Wildman–Crippen MR) is 61.1 cm³/mol. The quantitative estimate of drug-likeness (QED) is 0.665. The first-order valence-corrected chi connectivity index (χ1v) is 5.82. The van der Waals surface area contributed by atoms with E-state index in [4.69, 9.17) is 4.42 Å². The van der Waals surface area contributed by atoms with Crippen molar-refractivity contribution in [3.8, 4) is 0 Å². The van der Waals surface area contributed by atoms with Gasteiger partial charge in [-0.25, -0.2) is 0 Å². The number of carbonyl (C=O) groups excluding carboxylic acids is 1. The highest BCUT2D eigenvalue weighted by molar-refractivity contribution is 5.97. The summed E-state index contributed by atoms with van der Waals surface area (Å²) in [6.07, 6.45) is 5.19. The molecule has 1 rings (SSSR count). The van der Waals surface area contributed by atoms with Gasteiger partial charge >= 0.3 is 0 Å². The van der Waals surface area contributed by atoms with Gasteiger partial charge in [0, 0.05) is 12.8 Å². The molecule has 0 atom stereocenters. The van der Waals surface area contributed by atoms with Gasteiger partial charge in [-0.15, -0.1) is 0 Å². The molecule has 1 aromatic rings. The van der Waals surface area contributed by atoms with Crippen LogP contribution in [0.15, 0.2) is 16.7 Å². The third kappa shape index (κ3) is 2.95. The van der Waals surface area contributed by atoms with E-state index < -0.39 is 0 Å². The van der Waals surface area contributed by atoms with Crippen LogP contribution in [0.1, 0.15) is 56.2 Å². The van der Waals surface area contributed by atoms with Crippen LogP contribution >= 0.6 is 0 Å². The molecule has 84 valence electrons. The van der Waals surface area contributed by atoms with E-state index in [1.807, 2.05) is 6.92 Å². The Labute approximate surface area is 91.7 Å². The van der Waals surface area contributed by atoms with Crippen LogP contribution in [-0.2, 0) is 6.42 Å². The molecule has 1 heterocycles. The topological polar surface area (TPSA) is 30.2 Å². The number of Topliss-reactive ketones (excluding diaryl/α,β-unsaturated/α-hetero) is 1. The van der Waals surface area contributed by atoms with E-state index in [0.717, 1.165) is 30.6 Å². The van der Waals surface area contributed by atoms with Gasteiger partial charge in [0.05, 0.1) is 11.8 Å². The second kappa shape index (κ2) is 5.74. The van der Waals surface area contributed by atoms with Crippen LogP contribution in [-0.4, -0.2) is 5.78 Å². The van der Waals surface area contributed by atoms with Gasteiger partial charge in [0.15, 0.2) is 5.78 Å². The zero-order valence-corrected chi connectivity index (χ0v) is 9.88. The molecule has 0 unspecified atom stereocenters. The highest BCUT2D eigenvalue weighted by Gasteiger charge is 2.16. The summed E-state index contributed by atoms with van der Waals surface area (Å²) < 4.78 is 5.26. The number of ketones is 1. The fourth-order valence-electron chi connectivity index (χ4n) is 1.81. The van der Waals surface area contributed by atoms with E-state index in [9.17, 15) is 4.79 Å². The molecule has 1 aromatic heterocycles. The van der Waals surface area contributed by atoms with Crippen LogP contribution in [0.3, 0.4) is 0 Å². The van der Waals surface area contributed by atoms with Crippen LogP contribution in [0.25, 0.3) is 0 Å². The van der Waals surface area contributed by atoms with Crippen LogP contribution in [0.5, 0.6) is 0 Å². The maximum absolute atomic E-state index is 12.0. The summed E-state index contributed by atoms with van der Waals surface area (Å²) in [4.78, 5) is 12.0. The molecule has 0 aliphatic heterocycles. The smallest absolute Gasteiger partial charge is 0.166 e. The van der Waals surface area contributed by atoms with Gasteiger partial charge in [0.25, 0.3) is 0 Å². The molecular weight excluding hydrogens is 188 g/mol. The van der Waals surface area contributed by atoms with E-state index >= 15 is 0 Å². The Hall–Kier alpha value is -1.05. The van der Waals surface area contributed by atoms with E-state index in [1.165, 1.54) is 0 Å². The molecule has 0 saturated heterocycles. The van der Waals surface area contributed by atoms with E-state index in [1.54, 1.807) is 12.3 Å². The Bertz CT molecular complexity index is 308. The SMILES string of the molecule is CCc1occc1C(=O)CC(CC)CC. The first kappa shape index (κ1) is 12.0. The number of hydrogen-bond acceptors (Lipinski definition) is 2. The molecule has 0 bridgehead atoms. The van der Waals surface area contributed by atoms with Gasteiger partial charge in [-0.1, -0.05) is 33.6 Å². The zero-order chi connectivity index (χ0) is 11.3. The molecule has 0 saturated carbocycles. The fourth-order valence-corrected chi connectivity index (χ4v) is 1.81. The summed E-state index contributed by atoms with van der Waals surface area (Å²) in [5.41, 5.74) is 0.782. The number of rotatable bonds is 6. The lowest BCUT2D eigenvalue weighted by Gasteiger charge is -2.10. The standard InChI is InChI=1S/C13H20O2/c1-4-10(5-2)9-12(14)11-7-8-15-13(11)6-3/h7-8,10H,4-6,9H2,1-3H3. The van der Waals surface area contributed by atoms with Crippen molar-refractivity contribution in [1.82, 2.24) is 0 Å². The number of carbonyl (C=O) groups is 1. The average molecular weight is 208 g/mol. The summed E-state index contributed by atoms with van der Waals surface area (Å²) in [5, 5.41) is 0. The molecule has 0 amide bonds. The molecule has 0 radical (unpaired) electrons. The monoisotopic (exact) mass is 208 g/mol. The summed E-state index contributed by atoms with van der Waals surface area (Å²) in [5.74, 6) is 1.57. The molecule has 2 nitrogen and oxygen atoms in total. The van der Waals surface area contributed by atoms with Gasteiger partial charge in [-0.2, -0.15) is 0 Å². The first-order chi connectivity index (χ1) is 7.22. The van der Waals surface area contributed by atoms with Crippen molar-refractivity contribution in [2.45, 2.75) is 46.5 Å². The summed E-state index contributed by atoms with van der Waals surface area (Å²) in [7, 11) is 0. The van der Waals surface area contributed by atoms with Gasteiger partial charge in [0.1, 0.15) is 5.76 Å². The molecule has 15 heavy (non-hydrogen) atoms. The normalized spacial score (nSPS) is 10.9. The van der Waals surface area contributed by atoms with Crippen molar-refractivity contribution < 1.29 is 9.21 Å². The first-order valence-electron chi connectivity index (χ1n) is 5.82. The van der Waals surface area contributed by atoms with Crippen molar-refractivity contribution in [2.75, 3.05) is 0 Å². The molecular formula is C13H20O2. The lowest BCUT2D eigenvalue weighted by molar-refractivity contribution is 0.0957. The van der Waals surface area contributed by atoms with Crippen molar-refractivity contribution in [1.29, 1.82) is 0 Å². The third-order valence-electron chi connectivity index (χ3n) is 3.00. The van der Waals surface area contributed by atoms with Gasteiger partial charge in [-0.05, 0) is 12.0 Å². The van der Waals surface area contributed by atoms with E-state index in [-0.39, 0.29) is 5.78 Å². The number of hydrogen-bond donors (Lipinski definition) is 0. The van der Waals surface area contributed by atoms with Crippen molar-refractivity contribution in [3.63, 3.8) is 0 Å². The molecule has 0 aromatic carbocycles. The lowest BCUT2D eigenvalue weighted by Crippen LogP contribution is -2.08. The van der Waals surface area contributed by atoms with Gasteiger partial charge in [0.2, 0.25) is 0 Å². The Balaban J connectivity index is 2.68. The molecule has 0 N–H and O–H groups in total. The maximum Gasteiger partial charge on any atom is 0.166 e. The van der Waals surface area contributed by atoms with Crippen LogP contribution < -0.4 is 0 Å². The minimum absolute atomic E-state index is 0.231. The molecule has 2 heteroatoms. The van der Waals surface area contributed by atoms with Gasteiger partial charge in [-0.3, -0.25) is 4.79 Å². The summed E-state index contributed by atoms with van der Waals surface area (Å²) in [6.45, 7) is 6.28. The van der Waals surface area contributed by atoms with E-state index in [0.29, 0.717) is 12.3 Å². The van der Waals surface area contributed by atoms with E-state index in [2.05, 4.69) is 13.8 Å². The molecule has 0 aliphatic rings. The lowest BCUT2D eigenvalue weighted by atomic mass is 9.94. The Morgan fingerprint density at radius 3 is 2.53 bits per heavy atom. The zero-order valence-electron chi connectivity index (χ0n) is 9.88. The van der Waals surface area contributed by atoms with Gasteiger partial charge < -0.3 is 4.42 Å². The minimum atomic E-state index is 0.231. The summed E-state index contributed by atoms with van der Waals surface area (Å²) in [6, 6.07) is 1.80. The Kier molecular flexibility index (Phi) is 4.60. The summed E-state index contributed by atoms with van der Waals surface area (Å²) >= 11 is 0. The molecule has 0 spiro atoms. The second-order valence-corrected chi connectivity index (χ2v) is 3.92. The number of furan rings is 1. The Morgan fingerprint density at radius 1 is 1.33 bits per heavy atom. The average Bonchev–Trinajstić information content (AvgIpc) is 2.73. The predicted octanol–water partition coefficient (Wildman–Crippen LogP) is 3.85. The molecule has 0 fully saturated rings. The van der Waals surface area contributed by atoms with Crippen molar-refractivity contribution in [3.05, 3.63) is 23.7 Å². The highest BCUT2D eigenvalue weighted by Crippen LogP contribution is 2.19. The minimum Gasteiger partial charge on any atom is -0.469 e. The largest absolute Gasteiger partial charge is 0.469 e. The van der Waals surface area contributed by atoms with Crippen molar-refractivity contribution >= 4 is 5.78 Å².